The number of hydrazone groups is 1. The van der Waals surface area contributed by atoms with Crippen molar-refractivity contribution in [2.24, 2.45) is 5.10 Å². The Kier molecular flexibility index (Phi) is 6.09. The van der Waals surface area contributed by atoms with Crippen LogP contribution in [-0.2, 0) is 18.5 Å². The topological polar surface area (TPSA) is 41.9 Å². The SMILES string of the molecule is CCOC(=O)C1=NN(c2ccc(C)cc2)C2(S1)SC(c1ccccc1)(c1ccccc1)c1ccccc12. The van der Waals surface area contributed by atoms with Gasteiger partial charge in [-0.2, -0.15) is 5.10 Å². The third-order valence-corrected chi connectivity index (χ3v) is 10.0. The molecule has 4 nitrogen and oxygen atoms in total. The Bertz CT molecular complexity index is 1430. The van der Waals surface area contributed by atoms with Crippen LogP contribution >= 0.6 is 23.5 Å². The highest BCUT2D eigenvalue weighted by molar-refractivity contribution is 8.27. The molecule has 2 aliphatic heterocycles. The molecule has 0 aromatic heterocycles. The van der Waals surface area contributed by atoms with Crippen LogP contribution in [-0.4, -0.2) is 17.6 Å². The Balaban J connectivity index is 1.62. The lowest BCUT2D eigenvalue weighted by atomic mass is 9.82. The molecule has 37 heavy (non-hydrogen) atoms. The first-order valence-electron chi connectivity index (χ1n) is 12.3. The fourth-order valence-electron chi connectivity index (χ4n) is 5.10. The maximum atomic E-state index is 13.0. The van der Waals surface area contributed by atoms with Crippen molar-refractivity contribution >= 4 is 40.2 Å². The Morgan fingerprint density at radius 2 is 1.38 bits per heavy atom. The molecule has 0 fully saturated rings. The summed E-state index contributed by atoms with van der Waals surface area (Å²) in [5.41, 5.74) is 6.79. The minimum Gasteiger partial charge on any atom is -0.461 e. The van der Waals surface area contributed by atoms with Gasteiger partial charge in [-0.25, -0.2) is 9.80 Å². The van der Waals surface area contributed by atoms with Crippen LogP contribution in [0.4, 0.5) is 5.69 Å². The van der Waals surface area contributed by atoms with E-state index < -0.39 is 14.9 Å². The molecular formula is C31H26N2O2S2. The first-order valence-corrected chi connectivity index (χ1v) is 13.9. The van der Waals surface area contributed by atoms with Gasteiger partial charge in [0.25, 0.3) is 0 Å². The van der Waals surface area contributed by atoms with Gasteiger partial charge in [0, 0.05) is 5.56 Å². The predicted octanol–water partition coefficient (Wildman–Crippen LogP) is 7.27. The van der Waals surface area contributed by atoms with Gasteiger partial charge in [-0.05, 0) is 42.7 Å². The van der Waals surface area contributed by atoms with E-state index in [0.29, 0.717) is 11.7 Å². The summed E-state index contributed by atoms with van der Waals surface area (Å²) in [6.07, 6.45) is 0. The van der Waals surface area contributed by atoms with E-state index in [0.717, 1.165) is 11.3 Å². The molecular weight excluding hydrogens is 496 g/mol. The van der Waals surface area contributed by atoms with Crippen LogP contribution in [0.2, 0.25) is 0 Å². The van der Waals surface area contributed by atoms with Gasteiger partial charge in [0.05, 0.1) is 17.0 Å². The number of ether oxygens (including phenoxy) is 1. The van der Waals surface area contributed by atoms with Gasteiger partial charge in [-0.3, -0.25) is 0 Å². The van der Waals surface area contributed by atoms with Crippen LogP contribution in [0.15, 0.2) is 114 Å². The lowest BCUT2D eigenvalue weighted by Gasteiger charge is -2.37. The number of anilines is 1. The summed E-state index contributed by atoms with van der Waals surface area (Å²) < 4.78 is 4.20. The fourth-order valence-corrected chi connectivity index (χ4v) is 8.66. The molecule has 0 saturated carbocycles. The molecule has 6 rings (SSSR count). The fraction of sp³-hybridized carbons (Fsp3) is 0.161. The van der Waals surface area contributed by atoms with E-state index in [9.17, 15) is 4.79 Å². The van der Waals surface area contributed by atoms with E-state index in [1.54, 1.807) is 0 Å². The molecule has 4 aromatic rings. The summed E-state index contributed by atoms with van der Waals surface area (Å²) in [6.45, 7) is 4.19. The summed E-state index contributed by atoms with van der Waals surface area (Å²) in [6, 6.07) is 38.1. The third kappa shape index (κ3) is 3.78. The van der Waals surface area contributed by atoms with E-state index in [-0.39, 0.29) is 0 Å². The number of hydrogen-bond donors (Lipinski definition) is 0. The summed E-state index contributed by atoms with van der Waals surface area (Å²) in [4.78, 5) is 13.0. The van der Waals surface area contributed by atoms with E-state index in [1.807, 2.05) is 35.8 Å². The van der Waals surface area contributed by atoms with E-state index in [2.05, 4.69) is 104 Å². The second-order valence-corrected chi connectivity index (χ2v) is 11.9. The summed E-state index contributed by atoms with van der Waals surface area (Å²) in [5.74, 6) is -0.392. The molecule has 0 N–H and O–H groups in total. The van der Waals surface area contributed by atoms with Crippen molar-refractivity contribution < 1.29 is 9.53 Å². The van der Waals surface area contributed by atoms with Gasteiger partial charge < -0.3 is 4.74 Å². The highest BCUT2D eigenvalue weighted by Gasteiger charge is 2.61. The molecule has 0 amide bonds. The molecule has 184 valence electrons. The van der Waals surface area contributed by atoms with Crippen LogP contribution in [0.3, 0.4) is 0 Å². The molecule has 1 spiro atoms. The molecule has 0 radical (unpaired) electrons. The molecule has 2 heterocycles. The highest BCUT2D eigenvalue weighted by Crippen LogP contribution is 2.70. The van der Waals surface area contributed by atoms with Crippen molar-refractivity contribution in [3.8, 4) is 0 Å². The lowest BCUT2D eigenvalue weighted by Crippen LogP contribution is -2.34. The number of carbonyl (C=O) groups excluding carboxylic acids is 1. The van der Waals surface area contributed by atoms with Gasteiger partial charge in [0.1, 0.15) is 0 Å². The summed E-state index contributed by atoms with van der Waals surface area (Å²) in [7, 11) is 0. The zero-order valence-electron chi connectivity index (χ0n) is 20.6. The zero-order chi connectivity index (χ0) is 25.5. The van der Waals surface area contributed by atoms with Crippen molar-refractivity contribution in [2.45, 2.75) is 22.8 Å². The number of aryl methyl sites for hydroxylation is 1. The van der Waals surface area contributed by atoms with E-state index >= 15 is 0 Å². The summed E-state index contributed by atoms with van der Waals surface area (Å²) >= 11 is 3.29. The van der Waals surface area contributed by atoms with Crippen LogP contribution in [0, 0.1) is 6.92 Å². The smallest absolute Gasteiger partial charge is 0.365 e. The molecule has 0 bridgehead atoms. The number of carbonyl (C=O) groups is 1. The average Bonchev–Trinajstić information content (AvgIpc) is 3.48. The number of esters is 1. The van der Waals surface area contributed by atoms with Crippen molar-refractivity contribution in [1.29, 1.82) is 0 Å². The van der Waals surface area contributed by atoms with Gasteiger partial charge in [0.15, 0.2) is 4.20 Å². The monoisotopic (exact) mass is 522 g/mol. The van der Waals surface area contributed by atoms with E-state index in [1.165, 1.54) is 34.0 Å². The largest absolute Gasteiger partial charge is 0.461 e. The molecule has 0 aliphatic carbocycles. The molecule has 0 saturated heterocycles. The normalized spacial score (nSPS) is 19.5. The van der Waals surface area contributed by atoms with Crippen molar-refractivity contribution in [3.05, 3.63) is 137 Å². The summed E-state index contributed by atoms with van der Waals surface area (Å²) in [5, 5.41) is 7.29. The molecule has 2 aliphatic rings. The Labute approximate surface area is 225 Å². The Hall–Kier alpha value is -3.48. The van der Waals surface area contributed by atoms with Crippen molar-refractivity contribution in [3.63, 3.8) is 0 Å². The number of nitrogens with zero attached hydrogens (tertiary/aromatic N) is 2. The van der Waals surface area contributed by atoms with Crippen molar-refractivity contribution in [2.75, 3.05) is 11.6 Å². The average molecular weight is 523 g/mol. The van der Waals surface area contributed by atoms with Gasteiger partial charge in [0.2, 0.25) is 5.04 Å². The second-order valence-electron chi connectivity index (χ2n) is 9.02. The van der Waals surface area contributed by atoms with Crippen LogP contribution < -0.4 is 5.01 Å². The van der Waals surface area contributed by atoms with E-state index in [4.69, 9.17) is 9.84 Å². The van der Waals surface area contributed by atoms with Crippen LogP contribution in [0.5, 0.6) is 0 Å². The zero-order valence-corrected chi connectivity index (χ0v) is 22.3. The van der Waals surface area contributed by atoms with Gasteiger partial charge in [-0.15, -0.1) is 0 Å². The number of fused-ring (bicyclic) bond motifs is 2. The highest BCUT2D eigenvalue weighted by atomic mass is 32.2. The minimum absolute atomic E-state index is 0.303. The standard InChI is InChI=1S/C31H26N2O2S2/c1-3-35-29(34)28-32-33(25-20-18-22(2)19-21-25)31(36-28)27-17-11-10-16-26(27)30(37-31,23-12-6-4-7-13-23)24-14-8-5-9-15-24/h4-21H,3H2,1-2H3. The minimum atomic E-state index is -0.709. The molecule has 1 unspecified atom stereocenters. The molecule has 1 atom stereocenters. The lowest BCUT2D eigenvalue weighted by molar-refractivity contribution is -0.134. The van der Waals surface area contributed by atoms with Crippen molar-refractivity contribution in [1.82, 2.24) is 0 Å². The third-order valence-electron chi connectivity index (χ3n) is 6.73. The number of benzene rings is 4. The van der Waals surface area contributed by atoms with Crippen LogP contribution in [0.25, 0.3) is 0 Å². The predicted molar refractivity (Wildman–Crippen MR) is 154 cm³/mol. The first-order chi connectivity index (χ1) is 18.1. The van der Waals surface area contributed by atoms with Gasteiger partial charge in [-0.1, -0.05) is 126 Å². The second kappa shape index (κ2) is 9.43. The number of rotatable bonds is 5. The van der Waals surface area contributed by atoms with Crippen LogP contribution in [0.1, 0.15) is 34.7 Å². The quantitative estimate of drug-likeness (QED) is 0.258. The molecule has 4 aromatic carbocycles. The number of hydrogen-bond acceptors (Lipinski definition) is 6. The Morgan fingerprint density at radius 3 is 1.97 bits per heavy atom. The Morgan fingerprint density at radius 1 is 0.811 bits per heavy atom. The first kappa shape index (κ1) is 23.9. The molecule has 6 heteroatoms. The van der Waals surface area contributed by atoms with Gasteiger partial charge >= 0.3 is 5.97 Å². The number of thioether (sulfide) groups is 2. The maximum absolute atomic E-state index is 13.0. The maximum Gasteiger partial charge on any atom is 0.365 e.